The van der Waals surface area contributed by atoms with Gasteiger partial charge in [0.2, 0.25) is 0 Å². The van der Waals surface area contributed by atoms with E-state index in [1.54, 1.807) is 36.4 Å². The van der Waals surface area contributed by atoms with Gasteiger partial charge < -0.3 is 0 Å². The van der Waals surface area contributed by atoms with Crippen LogP contribution in [0.5, 0.6) is 0 Å². The van der Waals surface area contributed by atoms with E-state index in [0.717, 1.165) is 24.8 Å². The summed E-state index contributed by atoms with van der Waals surface area (Å²) < 4.78 is 62.8. The molecule has 2 aromatic carbocycles. The Bertz CT molecular complexity index is 1290. The Balaban J connectivity index is 2.34. The van der Waals surface area contributed by atoms with Crippen molar-refractivity contribution in [2.24, 2.45) is 5.41 Å². The summed E-state index contributed by atoms with van der Waals surface area (Å²) in [6, 6.07) is 16.4. The van der Waals surface area contributed by atoms with Gasteiger partial charge in [-0.15, -0.1) is 0 Å². The Morgan fingerprint density at radius 2 is 1.15 bits per heavy atom. The van der Waals surface area contributed by atoms with Crippen LogP contribution in [0.4, 0.5) is 0 Å². The summed E-state index contributed by atoms with van der Waals surface area (Å²) in [6.45, 7) is 13.0. The molecule has 0 N–H and O–H groups in total. The van der Waals surface area contributed by atoms with Gasteiger partial charge in [-0.3, -0.25) is 0 Å². The van der Waals surface area contributed by atoms with E-state index in [2.05, 4.69) is 38.4 Å². The van der Waals surface area contributed by atoms with Gasteiger partial charge in [-0.2, -0.15) is 0 Å². The zero-order chi connectivity index (χ0) is 30.2. The number of benzene rings is 2. The SMILES string of the molecule is C=CC1(C)CCC(S(=O)(=O)c2ccccc2)(S(=O)(=O)c2ccccc2)C/C1=[CH]\[Sn]([CH2]CCC)([CH2]CCC)[CH2]CCC. The Hall–Kier alpha value is -1.38. The molecule has 0 bridgehead atoms. The molecule has 3 rings (SSSR count). The van der Waals surface area contributed by atoms with Crippen molar-refractivity contribution in [1.29, 1.82) is 0 Å². The van der Waals surface area contributed by atoms with Crippen LogP contribution in [-0.2, 0) is 19.7 Å². The second-order valence-electron chi connectivity index (χ2n) is 12.2. The third-order valence-electron chi connectivity index (χ3n) is 9.32. The van der Waals surface area contributed by atoms with Gasteiger partial charge in [0, 0.05) is 0 Å². The van der Waals surface area contributed by atoms with E-state index in [1.165, 1.54) is 56.8 Å². The molecule has 1 fully saturated rings. The topological polar surface area (TPSA) is 68.3 Å². The van der Waals surface area contributed by atoms with Crippen LogP contribution >= 0.6 is 0 Å². The second kappa shape index (κ2) is 14.4. The maximum absolute atomic E-state index is 14.6. The van der Waals surface area contributed by atoms with Crippen LogP contribution in [0.3, 0.4) is 0 Å². The van der Waals surface area contributed by atoms with E-state index < -0.39 is 47.5 Å². The predicted octanol–water partition coefficient (Wildman–Crippen LogP) is 9.32. The zero-order valence-corrected chi connectivity index (χ0v) is 30.1. The van der Waals surface area contributed by atoms with Gasteiger partial charge in [0.25, 0.3) is 0 Å². The molecule has 2 aromatic rings. The molecular formula is C34H50O4S2Sn. The molecule has 0 spiro atoms. The first-order valence-electron chi connectivity index (χ1n) is 15.4. The third-order valence-corrected chi connectivity index (χ3v) is 29.4. The van der Waals surface area contributed by atoms with E-state index in [4.69, 9.17) is 0 Å². The Morgan fingerprint density at radius 1 is 0.732 bits per heavy atom. The zero-order valence-electron chi connectivity index (χ0n) is 25.6. The standard InChI is InChI=1S/C22H23O4S2.3C4H9.Sn/c1-4-21(3)15-16-22(17-18(21)2,27(23,24)19-11-7-5-8-12-19)28(25,26)20-13-9-6-10-14-20;3*1-3-4-2;/h2,4-14H,1,15-17H2,3H3;3*1,3-4H2,2H3;. The summed E-state index contributed by atoms with van der Waals surface area (Å²) in [5, 5.41) is 0. The van der Waals surface area contributed by atoms with E-state index in [1.807, 2.05) is 6.08 Å². The van der Waals surface area contributed by atoms with E-state index >= 15 is 0 Å². The monoisotopic (exact) mass is 706 g/mol. The van der Waals surface area contributed by atoms with Gasteiger partial charge in [-0.25, -0.2) is 0 Å². The number of rotatable bonds is 15. The van der Waals surface area contributed by atoms with Crippen molar-refractivity contribution < 1.29 is 16.8 Å². The molecule has 0 saturated heterocycles. The number of allylic oxidation sites excluding steroid dienone is 2. The minimum absolute atomic E-state index is 0.00692. The molecule has 1 aliphatic carbocycles. The molecule has 0 aliphatic heterocycles. The fourth-order valence-electron chi connectivity index (χ4n) is 6.42. The average Bonchev–Trinajstić information content (AvgIpc) is 2.99. The molecule has 7 heteroatoms. The van der Waals surface area contributed by atoms with Crippen LogP contribution in [0.25, 0.3) is 0 Å². The van der Waals surface area contributed by atoms with Crippen LogP contribution in [-0.4, -0.2) is 39.3 Å². The van der Waals surface area contributed by atoms with Crippen molar-refractivity contribution in [1.82, 2.24) is 0 Å². The van der Waals surface area contributed by atoms with Crippen LogP contribution in [0.2, 0.25) is 13.3 Å². The summed E-state index contributed by atoms with van der Waals surface area (Å²) >= 11 is -2.96. The number of unbranched alkanes of at least 4 members (excludes halogenated alkanes) is 3. The van der Waals surface area contributed by atoms with Crippen molar-refractivity contribution in [3.8, 4) is 0 Å². The van der Waals surface area contributed by atoms with Crippen molar-refractivity contribution in [2.45, 2.75) is 113 Å². The van der Waals surface area contributed by atoms with E-state index in [0.29, 0.717) is 6.42 Å². The molecule has 1 aliphatic rings. The van der Waals surface area contributed by atoms with Crippen molar-refractivity contribution in [2.75, 3.05) is 0 Å². The van der Waals surface area contributed by atoms with Gasteiger partial charge >= 0.3 is 256 Å². The Kier molecular flexibility index (Phi) is 12.0. The van der Waals surface area contributed by atoms with Crippen LogP contribution in [0.1, 0.15) is 85.5 Å². The molecule has 1 unspecified atom stereocenters. The number of sulfone groups is 2. The Morgan fingerprint density at radius 3 is 1.51 bits per heavy atom. The normalized spacial score (nSPS) is 20.6. The molecule has 0 amide bonds. The Labute approximate surface area is 254 Å². The van der Waals surface area contributed by atoms with Gasteiger partial charge in [0.15, 0.2) is 0 Å². The first kappa shape index (κ1) is 34.1. The average molecular weight is 706 g/mol. The van der Waals surface area contributed by atoms with Crippen LogP contribution < -0.4 is 0 Å². The summed E-state index contributed by atoms with van der Waals surface area (Å²) in [5.74, 6) is 0. The van der Waals surface area contributed by atoms with Gasteiger partial charge in [0.1, 0.15) is 0 Å². The molecule has 0 radical (unpaired) electrons. The predicted molar refractivity (Wildman–Crippen MR) is 175 cm³/mol. The molecule has 41 heavy (non-hydrogen) atoms. The van der Waals surface area contributed by atoms with E-state index in [-0.39, 0.29) is 22.6 Å². The minimum atomic E-state index is -4.27. The van der Waals surface area contributed by atoms with E-state index in [9.17, 15) is 16.8 Å². The third kappa shape index (κ3) is 7.06. The van der Waals surface area contributed by atoms with Crippen molar-refractivity contribution in [3.63, 3.8) is 0 Å². The molecular weight excluding hydrogens is 655 g/mol. The van der Waals surface area contributed by atoms with Crippen LogP contribution in [0, 0.1) is 5.41 Å². The van der Waals surface area contributed by atoms with Crippen molar-refractivity contribution >= 4 is 38.1 Å². The molecule has 1 atom stereocenters. The maximum atomic E-state index is 14.6. The van der Waals surface area contributed by atoms with Gasteiger partial charge in [-0.05, 0) is 0 Å². The molecule has 4 nitrogen and oxygen atoms in total. The summed E-state index contributed by atoms with van der Waals surface area (Å²) in [4.78, 5) is 0.137. The fraction of sp³-hybridized carbons (Fsp3) is 0.529. The van der Waals surface area contributed by atoms with Gasteiger partial charge in [0.05, 0.1) is 0 Å². The molecule has 226 valence electrons. The first-order chi connectivity index (χ1) is 19.5. The summed E-state index contributed by atoms with van der Waals surface area (Å²) in [7, 11) is -8.53. The number of hydrogen-bond acceptors (Lipinski definition) is 4. The van der Waals surface area contributed by atoms with Crippen LogP contribution in [0.15, 0.2) is 92.8 Å². The van der Waals surface area contributed by atoms with Crippen molar-refractivity contribution in [3.05, 3.63) is 83.0 Å². The fourth-order valence-corrected chi connectivity index (χ4v) is 27.3. The number of hydrogen-bond donors (Lipinski definition) is 0. The van der Waals surface area contributed by atoms with Gasteiger partial charge in [-0.1, -0.05) is 0 Å². The molecule has 0 heterocycles. The quantitative estimate of drug-likeness (QED) is 0.137. The second-order valence-corrected chi connectivity index (χ2v) is 29.8. The first-order valence-corrected chi connectivity index (χ1v) is 26.1. The molecule has 0 aromatic heterocycles. The summed E-state index contributed by atoms with van der Waals surface area (Å²) in [6.07, 6.45) is 9.32. The molecule has 1 saturated carbocycles. The summed E-state index contributed by atoms with van der Waals surface area (Å²) in [5.41, 5.74) is 0.561.